The Kier molecular flexibility index (Phi) is 30.5. The Labute approximate surface area is 508 Å². The zero-order chi connectivity index (χ0) is 61.0. The fraction of sp³-hybridized carbons (Fsp3) is 0.583. The molecule has 0 radical (unpaired) electrons. The number of likely N-dealkylation sites (tertiary alicyclic amines) is 4. The van der Waals surface area contributed by atoms with Crippen LogP contribution in [0.5, 0.6) is 0 Å². The van der Waals surface area contributed by atoms with E-state index in [0.29, 0.717) is 60.2 Å². The van der Waals surface area contributed by atoms with Crippen LogP contribution in [0.4, 0.5) is 0 Å². The molecule has 0 aliphatic carbocycles. The molecule has 4 aliphatic rings. The van der Waals surface area contributed by atoms with Gasteiger partial charge in [0.2, 0.25) is 23.6 Å². The van der Waals surface area contributed by atoms with Crippen LogP contribution in [-0.4, -0.2) is 120 Å². The monoisotopic (exact) mass is 1150 g/mol. The first-order chi connectivity index (χ1) is 40.3. The van der Waals surface area contributed by atoms with E-state index < -0.39 is 0 Å². The number of hydrogen-bond donors (Lipinski definition) is 4. The second kappa shape index (κ2) is 37.0. The summed E-state index contributed by atoms with van der Waals surface area (Å²) in [5.41, 5.74) is 11.1. The minimum absolute atomic E-state index is 0.149. The van der Waals surface area contributed by atoms with Crippen LogP contribution in [0.2, 0.25) is 0 Å². The van der Waals surface area contributed by atoms with Gasteiger partial charge in [0.05, 0.1) is 0 Å². The summed E-state index contributed by atoms with van der Waals surface area (Å²) in [5.74, 6) is 3.27. The predicted octanol–water partition coefficient (Wildman–Crippen LogP) is 13.0. The van der Waals surface area contributed by atoms with Gasteiger partial charge in [-0.2, -0.15) is 0 Å². The van der Waals surface area contributed by atoms with E-state index in [9.17, 15) is 19.2 Å². The lowest BCUT2D eigenvalue weighted by Crippen LogP contribution is -2.37. The summed E-state index contributed by atoms with van der Waals surface area (Å²) in [5, 5.41) is 13.9. The second-order valence-electron chi connectivity index (χ2n) is 25.2. The van der Waals surface area contributed by atoms with E-state index in [-0.39, 0.29) is 17.7 Å². The van der Waals surface area contributed by atoms with E-state index in [0.717, 1.165) is 136 Å². The minimum Gasteiger partial charge on any atom is -0.343 e. The number of benzene rings is 4. The first kappa shape index (κ1) is 69.1. The third-order valence-electron chi connectivity index (χ3n) is 16.9. The molecule has 4 amide bonds. The van der Waals surface area contributed by atoms with Crippen molar-refractivity contribution in [3.63, 3.8) is 0 Å². The highest BCUT2D eigenvalue weighted by Gasteiger charge is 2.26. The van der Waals surface area contributed by atoms with Crippen molar-refractivity contribution in [2.45, 2.75) is 221 Å². The Bertz CT molecular complexity index is 2510. The molecule has 8 rings (SSSR count). The van der Waals surface area contributed by atoms with Crippen LogP contribution in [0.3, 0.4) is 0 Å². The summed E-state index contributed by atoms with van der Waals surface area (Å²) >= 11 is 0. The maximum atomic E-state index is 12.0. The Morgan fingerprint density at radius 2 is 0.690 bits per heavy atom. The lowest BCUT2D eigenvalue weighted by atomic mass is 9.88. The van der Waals surface area contributed by atoms with Crippen LogP contribution >= 0.6 is 0 Å². The van der Waals surface area contributed by atoms with Crippen LogP contribution < -0.4 is 21.3 Å². The predicted molar refractivity (Wildman–Crippen MR) is 349 cm³/mol. The number of nitrogens with one attached hydrogen (secondary N) is 4. The van der Waals surface area contributed by atoms with Gasteiger partial charge in [0, 0.05) is 123 Å². The third-order valence-corrected chi connectivity index (χ3v) is 16.9. The lowest BCUT2D eigenvalue weighted by Gasteiger charge is -2.32. The molecule has 84 heavy (non-hydrogen) atoms. The molecule has 4 aromatic carbocycles. The Morgan fingerprint density at radius 1 is 0.429 bits per heavy atom. The summed E-state index contributed by atoms with van der Waals surface area (Å²) in [6.45, 7) is 35.5. The number of rotatable bonds is 19. The van der Waals surface area contributed by atoms with Crippen LogP contribution in [-0.2, 0) is 45.4 Å². The van der Waals surface area contributed by atoms with Crippen molar-refractivity contribution in [3.8, 4) is 0 Å². The third kappa shape index (κ3) is 24.7. The molecular weight excluding hydrogens is 1040 g/mol. The van der Waals surface area contributed by atoms with Gasteiger partial charge in [-0.15, -0.1) is 0 Å². The molecule has 462 valence electrons. The highest BCUT2D eigenvalue weighted by Crippen LogP contribution is 2.32. The molecular formula is C72H110N8O4. The number of amides is 4. The molecule has 0 aromatic heterocycles. The maximum Gasteiger partial charge on any atom is 0.246 e. The Hall–Kier alpha value is -5.66. The molecule has 4 saturated heterocycles. The van der Waals surface area contributed by atoms with Gasteiger partial charge in [0.15, 0.2) is 0 Å². The molecule has 4 aromatic rings. The largest absolute Gasteiger partial charge is 0.343 e. The van der Waals surface area contributed by atoms with Crippen LogP contribution in [0.15, 0.2) is 109 Å². The van der Waals surface area contributed by atoms with Crippen molar-refractivity contribution < 1.29 is 19.2 Å². The van der Waals surface area contributed by atoms with Crippen LogP contribution in [0.1, 0.15) is 215 Å². The zero-order valence-electron chi connectivity index (χ0n) is 54.0. The number of nitrogens with zero attached hydrogens (tertiary/aromatic N) is 4. The number of hydrogen-bond acceptors (Lipinski definition) is 8. The Balaban J connectivity index is 0.000000205. The van der Waals surface area contributed by atoms with Gasteiger partial charge < -0.3 is 40.9 Å². The molecule has 0 spiro atoms. The summed E-state index contributed by atoms with van der Waals surface area (Å²) in [6.07, 6.45) is 13.8. The van der Waals surface area contributed by atoms with Gasteiger partial charge in [-0.25, -0.2) is 0 Å². The van der Waals surface area contributed by atoms with E-state index in [4.69, 9.17) is 0 Å². The van der Waals surface area contributed by atoms with Gasteiger partial charge >= 0.3 is 0 Å². The van der Waals surface area contributed by atoms with Crippen molar-refractivity contribution in [1.82, 2.24) is 40.9 Å². The highest BCUT2D eigenvalue weighted by atomic mass is 16.2. The lowest BCUT2D eigenvalue weighted by molar-refractivity contribution is -0.132. The van der Waals surface area contributed by atoms with Crippen LogP contribution in [0.25, 0.3) is 0 Å². The van der Waals surface area contributed by atoms with E-state index in [2.05, 4.69) is 181 Å². The molecule has 12 nitrogen and oxygen atoms in total. The van der Waals surface area contributed by atoms with Gasteiger partial charge in [0.25, 0.3) is 0 Å². The average molecular weight is 1150 g/mol. The minimum atomic E-state index is 0.149. The van der Waals surface area contributed by atoms with Crippen LogP contribution in [0, 0.1) is 0 Å². The van der Waals surface area contributed by atoms with Crippen molar-refractivity contribution in [3.05, 3.63) is 154 Å². The number of allylic oxidation sites excluding steroid dienone is 1. The number of piperidine rings is 4. The van der Waals surface area contributed by atoms with E-state index in [1.54, 1.807) is 19.9 Å². The zero-order valence-corrected chi connectivity index (χ0v) is 54.0. The standard InChI is InChI=1S/C19H30N2O.C19H28N2O.2C17H26N2O/c2*1-4-6-19(22)21-11-9-17(10-12-21)18-8-5-7-16(13-18)14-20-15(2)3;2*1-13(2)18-12-15-5-4-6-17(11-15)16-7-9-19(10-8-16)14(3)20/h5,7-8,13,15,17,20H,4,6,9-12,14H2,1-3H3;4-8,13,15,17,20H,9-12,14H2,1-3H3;2*4-6,11,13,16,18H,7-10,12H2,1-3H3/b;6-4+;;. The van der Waals surface area contributed by atoms with Gasteiger partial charge in [-0.3, -0.25) is 19.2 Å². The maximum absolute atomic E-state index is 12.0. The molecule has 4 fully saturated rings. The van der Waals surface area contributed by atoms with Crippen molar-refractivity contribution in [1.29, 1.82) is 0 Å². The summed E-state index contributed by atoms with van der Waals surface area (Å²) in [7, 11) is 0. The van der Waals surface area contributed by atoms with Crippen molar-refractivity contribution in [2.24, 2.45) is 0 Å². The fourth-order valence-electron chi connectivity index (χ4n) is 11.7. The highest BCUT2D eigenvalue weighted by molar-refractivity contribution is 5.87. The van der Waals surface area contributed by atoms with Gasteiger partial charge in [-0.05, 0) is 139 Å². The SMILES string of the molecule is C/C=C/C(=O)N1CCC(c2cccc(CNC(C)C)c2)CC1.CC(=O)N1CCC(c2cccc(CNC(C)C)c2)CC1.CC(=O)N1CCC(c2cccc(CNC(C)C)c2)CC1.CCCC(=O)N1CCC(c2cccc(CNC(C)C)c2)CC1. The molecule has 12 heteroatoms. The molecule has 0 unspecified atom stereocenters. The smallest absolute Gasteiger partial charge is 0.246 e. The average Bonchev–Trinajstić information content (AvgIpc) is 3.66. The number of carbonyl (C=O) groups is 4. The Morgan fingerprint density at radius 3 is 0.929 bits per heavy atom. The second-order valence-corrected chi connectivity index (χ2v) is 25.2. The topological polar surface area (TPSA) is 129 Å². The molecule has 4 heterocycles. The molecule has 0 bridgehead atoms. The van der Waals surface area contributed by atoms with E-state index >= 15 is 0 Å². The number of carbonyl (C=O) groups excluding carboxylic acids is 4. The normalized spacial score (nSPS) is 16.6. The molecule has 4 aliphatic heterocycles. The van der Waals surface area contributed by atoms with Gasteiger partial charge in [0.1, 0.15) is 0 Å². The summed E-state index contributed by atoms with van der Waals surface area (Å²) in [6, 6.07) is 37.7. The fourth-order valence-corrected chi connectivity index (χ4v) is 11.7. The molecule has 0 atom stereocenters. The van der Waals surface area contributed by atoms with Crippen molar-refractivity contribution >= 4 is 23.6 Å². The van der Waals surface area contributed by atoms with Gasteiger partial charge in [-0.1, -0.05) is 165 Å². The first-order valence-corrected chi connectivity index (χ1v) is 32.3. The summed E-state index contributed by atoms with van der Waals surface area (Å²) < 4.78 is 0. The summed E-state index contributed by atoms with van der Waals surface area (Å²) in [4.78, 5) is 54.5. The van der Waals surface area contributed by atoms with E-state index in [1.807, 2.05) is 32.6 Å². The first-order valence-electron chi connectivity index (χ1n) is 32.3. The molecule has 0 saturated carbocycles. The van der Waals surface area contributed by atoms with Crippen molar-refractivity contribution in [2.75, 3.05) is 52.4 Å². The quantitative estimate of drug-likeness (QED) is 0.0684. The van der Waals surface area contributed by atoms with E-state index in [1.165, 1.54) is 44.5 Å². The molecule has 4 N–H and O–H groups in total.